The Balaban J connectivity index is 2.09. The average molecular weight is 300 g/mol. The van der Waals surface area contributed by atoms with Gasteiger partial charge in [0.15, 0.2) is 0 Å². The smallest absolute Gasteiger partial charge is 0.226 e. The molecular weight excluding hydrogens is 286 g/mol. The molecule has 1 aromatic carbocycles. The number of aromatic nitrogens is 2. The van der Waals surface area contributed by atoms with Crippen LogP contribution in [0.15, 0.2) is 17.1 Å². The lowest BCUT2D eigenvalue weighted by molar-refractivity contribution is -0.124. The van der Waals surface area contributed by atoms with Gasteiger partial charge in [-0.2, -0.15) is 8.75 Å². The molecule has 8 heteroatoms. The predicted octanol–water partition coefficient (Wildman–Crippen LogP) is 1.97. The van der Waals surface area contributed by atoms with Crippen molar-refractivity contribution in [3.8, 4) is 0 Å². The van der Waals surface area contributed by atoms with E-state index >= 15 is 0 Å². The van der Waals surface area contributed by atoms with Gasteiger partial charge in [-0.1, -0.05) is 11.6 Å². The number of nitrogens with zero attached hydrogens (tertiary/aromatic N) is 4. The van der Waals surface area contributed by atoms with E-state index in [1.54, 1.807) is 12.1 Å². The lowest BCUT2D eigenvalue weighted by Gasteiger charge is -2.17. The van der Waals surface area contributed by atoms with Gasteiger partial charge in [0.1, 0.15) is 11.0 Å². The van der Waals surface area contributed by atoms with Crippen LogP contribution in [0.3, 0.4) is 0 Å². The SMILES string of the molecule is [2H]C1([2H])N=C(Nc2c(Cl)ccc3nsnc23)N(C(C)=O)C1([2H])[2H]. The third-order valence-electron chi connectivity index (χ3n) is 2.46. The first-order chi connectivity index (χ1) is 10.6. The molecule has 6 nitrogen and oxygen atoms in total. The number of hydrogen-bond donors (Lipinski definition) is 1. The molecule has 0 fully saturated rings. The van der Waals surface area contributed by atoms with E-state index in [1.807, 2.05) is 0 Å². The Bertz CT molecular complexity index is 839. The van der Waals surface area contributed by atoms with E-state index in [1.165, 1.54) is 0 Å². The molecule has 19 heavy (non-hydrogen) atoms. The van der Waals surface area contributed by atoms with Crippen molar-refractivity contribution in [3.05, 3.63) is 17.2 Å². The highest BCUT2D eigenvalue weighted by Gasteiger charge is 2.22. The van der Waals surface area contributed by atoms with Gasteiger partial charge in [-0.3, -0.25) is 14.7 Å². The minimum absolute atomic E-state index is 0.268. The van der Waals surface area contributed by atoms with E-state index in [0.717, 1.165) is 18.7 Å². The summed E-state index contributed by atoms with van der Waals surface area (Å²) >= 11 is 7.11. The molecule has 0 radical (unpaired) electrons. The molecule has 0 aliphatic carbocycles. The summed E-state index contributed by atoms with van der Waals surface area (Å²) in [5.74, 6) is -0.961. The fourth-order valence-electron chi connectivity index (χ4n) is 1.60. The number of benzene rings is 1. The highest BCUT2D eigenvalue weighted by Crippen LogP contribution is 2.30. The predicted molar refractivity (Wildman–Crippen MR) is 75.7 cm³/mol. The standard InChI is InChI=1S/C11H10ClN5OS/c1-6(18)17-5-4-13-11(17)14-9-7(12)2-3-8-10(9)16-19-15-8/h2-3H,4-5H2,1H3,(H,13,14)/i4D2,5D2. The zero-order valence-electron chi connectivity index (χ0n) is 13.6. The molecule has 0 spiro atoms. The van der Waals surface area contributed by atoms with Gasteiger partial charge >= 0.3 is 0 Å². The van der Waals surface area contributed by atoms with Crippen LogP contribution in [0.25, 0.3) is 11.0 Å². The number of amides is 1. The normalized spacial score (nSPS) is 23.3. The number of carbonyl (C=O) groups excluding carboxylic acids is 1. The van der Waals surface area contributed by atoms with Crippen molar-refractivity contribution in [2.75, 3.05) is 18.3 Å². The lowest BCUT2D eigenvalue weighted by atomic mass is 10.2. The summed E-state index contributed by atoms with van der Waals surface area (Å²) < 4.78 is 39.3. The third kappa shape index (κ3) is 2.15. The Morgan fingerprint density at radius 1 is 1.58 bits per heavy atom. The highest BCUT2D eigenvalue weighted by molar-refractivity contribution is 7.00. The first kappa shape index (κ1) is 8.44. The van der Waals surface area contributed by atoms with Crippen LogP contribution in [0.1, 0.15) is 12.4 Å². The van der Waals surface area contributed by atoms with Gasteiger partial charge < -0.3 is 5.32 Å². The molecular formula is C11H10ClN5OS. The summed E-state index contributed by atoms with van der Waals surface area (Å²) in [6.07, 6.45) is 0. The Morgan fingerprint density at radius 2 is 2.42 bits per heavy atom. The first-order valence-electron chi connectivity index (χ1n) is 7.23. The van der Waals surface area contributed by atoms with E-state index in [2.05, 4.69) is 19.1 Å². The molecule has 2 aromatic rings. The van der Waals surface area contributed by atoms with Gasteiger partial charge in [0.25, 0.3) is 0 Å². The van der Waals surface area contributed by atoms with Crippen LogP contribution in [0.2, 0.25) is 5.02 Å². The fourth-order valence-corrected chi connectivity index (χ4v) is 2.34. The molecule has 1 N–H and O–H groups in total. The number of anilines is 1. The minimum atomic E-state index is -2.62. The molecule has 0 bridgehead atoms. The number of nitrogens with one attached hydrogen (secondary N) is 1. The maximum atomic E-state index is 11.8. The van der Waals surface area contributed by atoms with Crippen LogP contribution in [-0.2, 0) is 4.79 Å². The van der Waals surface area contributed by atoms with Crippen molar-refractivity contribution in [3.63, 3.8) is 0 Å². The summed E-state index contributed by atoms with van der Waals surface area (Å²) in [5, 5.41) is 3.00. The quantitative estimate of drug-likeness (QED) is 0.874. The Kier molecular flexibility index (Phi) is 2.11. The first-order valence-corrected chi connectivity index (χ1v) is 6.34. The highest BCUT2D eigenvalue weighted by atomic mass is 35.5. The Morgan fingerprint density at radius 3 is 3.21 bits per heavy atom. The van der Waals surface area contributed by atoms with Crippen molar-refractivity contribution in [2.45, 2.75) is 6.92 Å². The number of fused-ring (bicyclic) bond motifs is 1. The van der Waals surface area contributed by atoms with E-state index < -0.39 is 18.9 Å². The Labute approximate surface area is 124 Å². The molecule has 3 rings (SSSR count). The van der Waals surface area contributed by atoms with Crippen LogP contribution in [-0.4, -0.2) is 38.5 Å². The number of aliphatic imine (C=N–C) groups is 1. The number of guanidine groups is 1. The van der Waals surface area contributed by atoms with E-state index in [9.17, 15) is 4.79 Å². The minimum Gasteiger partial charge on any atom is -0.323 e. The molecule has 0 unspecified atom stereocenters. The van der Waals surface area contributed by atoms with Gasteiger partial charge in [-0.25, -0.2) is 0 Å². The molecule has 0 saturated carbocycles. The van der Waals surface area contributed by atoms with Gasteiger partial charge in [0, 0.05) is 13.4 Å². The zero-order chi connectivity index (χ0) is 17.0. The maximum absolute atomic E-state index is 11.8. The van der Waals surface area contributed by atoms with Crippen molar-refractivity contribution >= 4 is 51.9 Å². The van der Waals surface area contributed by atoms with Crippen molar-refractivity contribution in [2.24, 2.45) is 4.99 Å². The summed E-state index contributed by atoms with van der Waals surface area (Å²) in [7, 11) is 0. The topological polar surface area (TPSA) is 70.5 Å². The fraction of sp³-hybridized carbons (Fsp3) is 0.273. The molecule has 98 valence electrons. The van der Waals surface area contributed by atoms with E-state index in [-0.39, 0.29) is 16.7 Å². The van der Waals surface area contributed by atoms with E-state index in [4.69, 9.17) is 17.1 Å². The van der Waals surface area contributed by atoms with Crippen LogP contribution in [0, 0.1) is 0 Å². The summed E-state index contributed by atoms with van der Waals surface area (Å²) in [6, 6.07) is 3.24. The zero-order valence-corrected chi connectivity index (χ0v) is 11.2. The van der Waals surface area contributed by atoms with E-state index in [0.29, 0.717) is 15.9 Å². The van der Waals surface area contributed by atoms with Crippen molar-refractivity contribution in [1.29, 1.82) is 0 Å². The number of carbonyl (C=O) groups is 1. The van der Waals surface area contributed by atoms with Crippen LogP contribution in [0.5, 0.6) is 0 Å². The van der Waals surface area contributed by atoms with Gasteiger partial charge in [0.05, 0.1) is 34.4 Å². The molecule has 0 saturated heterocycles. The van der Waals surface area contributed by atoms with Gasteiger partial charge in [-0.15, -0.1) is 0 Å². The second-order valence-corrected chi connectivity index (χ2v) is 4.63. The maximum Gasteiger partial charge on any atom is 0.226 e. The largest absolute Gasteiger partial charge is 0.323 e. The number of rotatable bonds is 1. The monoisotopic (exact) mass is 299 g/mol. The molecule has 0 atom stereocenters. The number of hydrogen-bond acceptors (Lipinski definition) is 6. The number of halogens is 1. The van der Waals surface area contributed by atoms with Gasteiger partial charge in [-0.05, 0) is 12.1 Å². The second kappa shape index (κ2) is 4.75. The van der Waals surface area contributed by atoms with Gasteiger partial charge in [0.2, 0.25) is 11.9 Å². The van der Waals surface area contributed by atoms with Crippen LogP contribution >= 0.6 is 23.3 Å². The molecule has 1 amide bonds. The molecule has 2 heterocycles. The van der Waals surface area contributed by atoms with Crippen LogP contribution < -0.4 is 5.32 Å². The Hall–Kier alpha value is -1.73. The molecule has 1 aromatic heterocycles. The third-order valence-corrected chi connectivity index (χ3v) is 3.32. The summed E-state index contributed by atoms with van der Waals surface area (Å²) in [5.41, 5.74) is 1.29. The summed E-state index contributed by atoms with van der Waals surface area (Å²) in [6.45, 7) is -4.09. The average Bonchev–Trinajstić information content (AvgIpc) is 2.94. The van der Waals surface area contributed by atoms with Crippen molar-refractivity contribution < 1.29 is 10.3 Å². The summed E-state index contributed by atoms with van der Waals surface area (Å²) in [4.78, 5) is 16.1. The second-order valence-electron chi connectivity index (χ2n) is 3.69. The molecule has 1 aliphatic rings. The molecule has 1 aliphatic heterocycles. The van der Waals surface area contributed by atoms with Crippen LogP contribution in [0.4, 0.5) is 5.69 Å². The van der Waals surface area contributed by atoms with Crippen molar-refractivity contribution in [1.82, 2.24) is 13.6 Å². The lowest BCUT2D eigenvalue weighted by Crippen LogP contribution is -2.36.